The molecule has 0 amide bonds. The molecule has 3 heteroatoms. The first-order valence-electron chi connectivity index (χ1n) is 6.99. The van der Waals surface area contributed by atoms with E-state index in [0.717, 1.165) is 6.42 Å². The molecule has 0 unspecified atom stereocenters. The number of hydrogen-bond acceptors (Lipinski definition) is 1. The normalized spacial score (nSPS) is 11.2. The van der Waals surface area contributed by atoms with Gasteiger partial charge < -0.3 is 10.1 Å². The molecule has 0 spiro atoms. The van der Waals surface area contributed by atoms with E-state index < -0.39 is 5.97 Å². The van der Waals surface area contributed by atoms with Crippen molar-refractivity contribution in [2.24, 2.45) is 0 Å². The average molecular weight is 281 g/mol. The van der Waals surface area contributed by atoms with Crippen molar-refractivity contribution in [1.29, 1.82) is 0 Å². The van der Waals surface area contributed by atoms with Crippen LogP contribution in [0.5, 0.6) is 0 Å². The van der Waals surface area contributed by atoms with Gasteiger partial charge in [0.25, 0.3) is 0 Å². The number of hydrogen-bond donors (Lipinski definition) is 2. The molecule has 1 heterocycles. The molecule has 108 valence electrons. The second-order valence-corrected chi connectivity index (χ2v) is 4.82. The van der Waals surface area contributed by atoms with Crippen LogP contribution in [0.3, 0.4) is 0 Å². The number of aromatic nitrogens is 1. The minimum atomic E-state index is -0.827. The average Bonchev–Trinajstić information content (AvgIpc) is 2.86. The van der Waals surface area contributed by atoms with Crippen LogP contribution in [0.2, 0.25) is 0 Å². The second-order valence-electron chi connectivity index (χ2n) is 4.82. The van der Waals surface area contributed by atoms with Gasteiger partial charge in [-0.05, 0) is 25.5 Å². The van der Waals surface area contributed by atoms with Crippen molar-refractivity contribution < 1.29 is 9.90 Å². The highest BCUT2D eigenvalue weighted by Gasteiger charge is 2.00. The first-order chi connectivity index (χ1) is 10.1. The van der Waals surface area contributed by atoms with Crippen molar-refractivity contribution in [1.82, 2.24) is 4.98 Å². The molecule has 2 aromatic carbocycles. The molecule has 1 aromatic heterocycles. The topological polar surface area (TPSA) is 53.1 Å². The van der Waals surface area contributed by atoms with Crippen molar-refractivity contribution in [2.75, 3.05) is 0 Å². The number of aromatic amines is 1. The number of rotatable bonds is 2. The van der Waals surface area contributed by atoms with Gasteiger partial charge in [0.2, 0.25) is 0 Å². The number of carboxylic acids is 1. The van der Waals surface area contributed by atoms with Crippen molar-refractivity contribution in [2.45, 2.75) is 20.3 Å². The summed E-state index contributed by atoms with van der Waals surface area (Å²) in [7, 11) is 0. The summed E-state index contributed by atoms with van der Waals surface area (Å²) in [5.74, 6) is -0.827. The van der Waals surface area contributed by atoms with Gasteiger partial charge in [-0.1, -0.05) is 49.4 Å². The molecule has 0 saturated carbocycles. The van der Waals surface area contributed by atoms with E-state index in [1.165, 1.54) is 21.8 Å². The molecule has 3 aromatic rings. The minimum absolute atomic E-state index is 0.424. The van der Waals surface area contributed by atoms with Gasteiger partial charge in [0.1, 0.15) is 0 Å². The number of carboxylic acid groups (broad SMARTS) is 1. The highest BCUT2D eigenvalue weighted by atomic mass is 16.4. The Morgan fingerprint density at radius 2 is 1.52 bits per heavy atom. The van der Waals surface area contributed by atoms with E-state index in [1.807, 2.05) is 6.92 Å². The minimum Gasteiger partial charge on any atom is -0.478 e. The maximum Gasteiger partial charge on any atom is 0.330 e. The summed E-state index contributed by atoms with van der Waals surface area (Å²) in [5, 5.41) is 10.9. The van der Waals surface area contributed by atoms with Crippen LogP contribution < -0.4 is 0 Å². The summed E-state index contributed by atoms with van der Waals surface area (Å²) in [6, 6.07) is 16.8. The fraction of sp³-hybridized carbons (Fsp3) is 0.167. The number of para-hydroxylation sites is 2. The maximum atomic E-state index is 10.0. The van der Waals surface area contributed by atoms with Gasteiger partial charge in [0.15, 0.2) is 0 Å². The van der Waals surface area contributed by atoms with Gasteiger partial charge in [-0.3, -0.25) is 0 Å². The molecule has 0 aliphatic rings. The quantitative estimate of drug-likeness (QED) is 0.666. The molecule has 0 radical (unpaired) electrons. The Morgan fingerprint density at radius 1 is 1.05 bits per heavy atom. The highest BCUT2D eigenvalue weighted by molar-refractivity contribution is 6.06. The first-order valence-corrected chi connectivity index (χ1v) is 6.99. The number of fused-ring (bicyclic) bond motifs is 3. The Morgan fingerprint density at radius 3 is 1.90 bits per heavy atom. The molecule has 0 fully saturated rings. The van der Waals surface area contributed by atoms with E-state index >= 15 is 0 Å². The van der Waals surface area contributed by atoms with Crippen LogP contribution >= 0.6 is 0 Å². The Kier molecular flexibility index (Phi) is 4.77. The fourth-order valence-electron chi connectivity index (χ4n) is 2.19. The van der Waals surface area contributed by atoms with Crippen LogP contribution in [0.15, 0.2) is 60.2 Å². The van der Waals surface area contributed by atoms with Crippen LogP contribution in [-0.2, 0) is 4.79 Å². The summed E-state index contributed by atoms with van der Waals surface area (Å²) in [4.78, 5) is 13.4. The molecular formula is C18H19NO2. The predicted octanol–water partition coefficient (Wildman–Crippen LogP) is 4.75. The zero-order valence-corrected chi connectivity index (χ0v) is 12.3. The predicted molar refractivity (Wildman–Crippen MR) is 87.5 cm³/mol. The molecule has 0 aliphatic heterocycles. The van der Waals surface area contributed by atoms with Crippen LogP contribution in [0.4, 0.5) is 0 Å². The Balaban J connectivity index is 0.000000177. The SMILES string of the molecule is CC/C=C(\C)C(=O)O.c1ccc2c(c1)[nH]c1ccccc12. The second kappa shape index (κ2) is 6.75. The van der Waals surface area contributed by atoms with E-state index in [4.69, 9.17) is 5.11 Å². The van der Waals surface area contributed by atoms with Crippen molar-refractivity contribution in [3.63, 3.8) is 0 Å². The largest absolute Gasteiger partial charge is 0.478 e. The molecule has 3 nitrogen and oxygen atoms in total. The van der Waals surface area contributed by atoms with E-state index in [0.29, 0.717) is 5.57 Å². The van der Waals surface area contributed by atoms with E-state index in [9.17, 15) is 4.79 Å². The van der Waals surface area contributed by atoms with E-state index in [2.05, 4.69) is 53.5 Å². The summed E-state index contributed by atoms with van der Waals surface area (Å²) in [6.07, 6.45) is 2.47. The summed E-state index contributed by atoms with van der Waals surface area (Å²) >= 11 is 0. The lowest BCUT2D eigenvalue weighted by molar-refractivity contribution is -0.132. The lowest BCUT2D eigenvalue weighted by atomic mass is 10.2. The van der Waals surface area contributed by atoms with E-state index in [1.54, 1.807) is 13.0 Å². The standard InChI is InChI=1S/C12H9N.C6H10O2/c1-3-7-11-9(5-1)10-6-2-4-8-12(10)13-11;1-3-4-5(2)6(7)8/h1-8,13H;4H,3H2,1-2H3,(H,7,8)/b;5-4+. The molecule has 0 saturated heterocycles. The molecule has 0 bridgehead atoms. The fourth-order valence-corrected chi connectivity index (χ4v) is 2.19. The van der Waals surface area contributed by atoms with Crippen LogP contribution in [-0.4, -0.2) is 16.1 Å². The Hall–Kier alpha value is -2.55. The van der Waals surface area contributed by atoms with E-state index in [-0.39, 0.29) is 0 Å². The van der Waals surface area contributed by atoms with Gasteiger partial charge in [-0.25, -0.2) is 4.79 Å². The molecule has 2 N–H and O–H groups in total. The number of allylic oxidation sites excluding steroid dienone is 1. The molecule has 0 aliphatic carbocycles. The van der Waals surface area contributed by atoms with Crippen molar-refractivity contribution >= 4 is 27.8 Å². The zero-order valence-electron chi connectivity index (χ0n) is 12.3. The lowest BCUT2D eigenvalue weighted by Gasteiger charge is -1.87. The van der Waals surface area contributed by atoms with Crippen molar-refractivity contribution in [3.05, 3.63) is 60.2 Å². The molecule has 3 rings (SSSR count). The van der Waals surface area contributed by atoms with Gasteiger partial charge in [0, 0.05) is 27.4 Å². The van der Waals surface area contributed by atoms with Gasteiger partial charge in [0.05, 0.1) is 0 Å². The number of carbonyl (C=O) groups is 1. The maximum absolute atomic E-state index is 10.0. The number of benzene rings is 2. The number of nitrogens with one attached hydrogen (secondary N) is 1. The third-order valence-electron chi connectivity index (χ3n) is 3.26. The smallest absolute Gasteiger partial charge is 0.330 e. The molecular weight excluding hydrogens is 262 g/mol. The Labute approximate surface area is 123 Å². The Bertz CT molecular complexity index is 734. The first kappa shape index (κ1) is 14.9. The van der Waals surface area contributed by atoms with Gasteiger partial charge in [-0.15, -0.1) is 0 Å². The summed E-state index contributed by atoms with van der Waals surface area (Å²) < 4.78 is 0. The van der Waals surface area contributed by atoms with Gasteiger partial charge in [-0.2, -0.15) is 0 Å². The van der Waals surface area contributed by atoms with Crippen LogP contribution in [0.1, 0.15) is 20.3 Å². The molecule has 0 atom stereocenters. The third kappa shape index (κ3) is 3.51. The highest BCUT2D eigenvalue weighted by Crippen LogP contribution is 2.24. The van der Waals surface area contributed by atoms with Crippen LogP contribution in [0.25, 0.3) is 21.8 Å². The molecule has 21 heavy (non-hydrogen) atoms. The van der Waals surface area contributed by atoms with Crippen molar-refractivity contribution in [3.8, 4) is 0 Å². The summed E-state index contributed by atoms with van der Waals surface area (Å²) in [5.41, 5.74) is 2.85. The number of H-pyrrole nitrogens is 1. The zero-order chi connectivity index (χ0) is 15.2. The lowest BCUT2D eigenvalue weighted by Crippen LogP contribution is -1.94. The van der Waals surface area contributed by atoms with Crippen LogP contribution in [0, 0.1) is 0 Å². The monoisotopic (exact) mass is 281 g/mol. The third-order valence-corrected chi connectivity index (χ3v) is 3.26. The van der Waals surface area contributed by atoms with Gasteiger partial charge >= 0.3 is 5.97 Å². The summed E-state index contributed by atoms with van der Waals surface area (Å²) in [6.45, 7) is 3.50. The number of aliphatic carboxylic acids is 1.